The van der Waals surface area contributed by atoms with Gasteiger partial charge in [-0.25, -0.2) is 9.37 Å². The molecule has 2 aromatic carbocycles. The van der Waals surface area contributed by atoms with Crippen molar-refractivity contribution in [3.63, 3.8) is 0 Å². The first-order chi connectivity index (χ1) is 14.4. The molecule has 3 rings (SSSR count). The van der Waals surface area contributed by atoms with E-state index in [1.807, 2.05) is 6.07 Å². The van der Waals surface area contributed by atoms with Gasteiger partial charge in [0.2, 0.25) is 5.91 Å². The summed E-state index contributed by atoms with van der Waals surface area (Å²) in [4.78, 5) is 29.7. The molecule has 0 saturated carbocycles. The third-order valence-electron chi connectivity index (χ3n) is 5.02. The summed E-state index contributed by atoms with van der Waals surface area (Å²) in [6.45, 7) is 1.76. The molecule has 2 N–H and O–H groups in total. The van der Waals surface area contributed by atoms with E-state index in [1.54, 1.807) is 62.6 Å². The summed E-state index contributed by atoms with van der Waals surface area (Å²) in [6, 6.07) is 15.2. The molecule has 1 aromatic heterocycles. The number of ketones is 1. The molecule has 154 valence electrons. The highest BCUT2D eigenvalue weighted by atomic mass is 19.1. The van der Waals surface area contributed by atoms with Crippen molar-refractivity contribution in [3.05, 3.63) is 77.7 Å². The van der Waals surface area contributed by atoms with Crippen molar-refractivity contribution in [3.8, 4) is 11.1 Å². The standard InChI is InChI=1S/C24H24FN3O2/c1-3-24(30)28(2)19-10-11-20(21(25)14-19)17-6-8-18(9-7-17)22(29)12-4-16-5-13-23(26)27-15-16/h5-11,13-15H,3-4,12H2,1-2H3,(H2,26,27). The van der Waals surface area contributed by atoms with Gasteiger partial charge in [0.25, 0.3) is 0 Å². The van der Waals surface area contributed by atoms with Crippen LogP contribution < -0.4 is 10.6 Å². The van der Waals surface area contributed by atoms with E-state index in [9.17, 15) is 14.0 Å². The number of anilines is 2. The number of aromatic nitrogens is 1. The largest absolute Gasteiger partial charge is 0.384 e. The van der Waals surface area contributed by atoms with Gasteiger partial charge in [0.1, 0.15) is 11.6 Å². The molecule has 0 saturated heterocycles. The Morgan fingerprint density at radius 2 is 1.80 bits per heavy atom. The molecule has 0 atom stereocenters. The molecular weight excluding hydrogens is 381 g/mol. The van der Waals surface area contributed by atoms with Crippen LogP contribution in [0.15, 0.2) is 60.8 Å². The summed E-state index contributed by atoms with van der Waals surface area (Å²) in [5, 5.41) is 0. The summed E-state index contributed by atoms with van der Waals surface area (Å²) in [5.74, 6) is -0.0450. The summed E-state index contributed by atoms with van der Waals surface area (Å²) in [6.07, 6.45) is 2.95. The predicted octanol–water partition coefficient (Wildman–Crippen LogP) is 4.66. The first-order valence-electron chi connectivity index (χ1n) is 9.79. The fourth-order valence-electron chi connectivity index (χ4n) is 3.15. The predicted molar refractivity (Wildman–Crippen MR) is 117 cm³/mol. The summed E-state index contributed by atoms with van der Waals surface area (Å²) >= 11 is 0. The van der Waals surface area contributed by atoms with Crippen molar-refractivity contribution in [1.29, 1.82) is 0 Å². The van der Waals surface area contributed by atoms with Crippen molar-refractivity contribution in [2.45, 2.75) is 26.2 Å². The Labute approximate surface area is 175 Å². The van der Waals surface area contributed by atoms with E-state index in [-0.39, 0.29) is 11.7 Å². The van der Waals surface area contributed by atoms with Crippen LogP contribution in [0.1, 0.15) is 35.7 Å². The Hall–Kier alpha value is -3.54. The highest BCUT2D eigenvalue weighted by molar-refractivity contribution is 5.96. The number of carbonyl (C=O) groups is 2. The van der Waals surface area contributed by atoms with Gasteiger partial charge < -0.3 is 10.6 Å². The number of rotatable bonds is 7. The van der Waals surface area contributed by atoms with Gasteiger partial charge >= 0.3 is 0 Å². The number of benzene rings is 2. The topological polar surface area (TPSA) is 76.3 Å². The number of hydrogen-bond acceptors (Lipinski definition) is 4. The Balaban J connectivity index is 1.69. The van der Waals surface area contributed by atoms with E-state index in [2.05, 4.69) is 4.98 Å². The van der Waals surface area contributed by atoms with Crippen molar-refractivity contribution >= 4 is 23.2 Å². The van der Waals surface area contributed by atoms with Crippen molar-refractivity contribution in [1.82, 2.24) is 4.98 Å². The molecule has 0 fully saturated rings. The minimum absolute atomic E-state index is 0.00824. The van der Waals surface area contributed by atoms with Crippen molar-refractivity contribution in [2.24, 2.45) is 0 Å². The molecule has 30 heavy (non-hydrogen) atoms. The van der Waals surface area contributed by atoms with Gasteiger partial charge in [-0.3, -0.25) is 9.59 Å². The van der Waals surface area contributed by atoms with Gasteiger partial charge in [0.05, 0.1) is 0 Å². The molecule has 0 radical (unpaired) electrons. The van der Waals surface area contributed by atoms with Gasteiger partial charge in [-0.2, -0.15) is 0 Å². The molecule has 0 aliphatic heterocycles. The number of nitrogen functional groups attached to an aromatic ring is 1. The van der Waals surface area contributed by atoms with E-state index in [1.165, 1.54) is 11.0 Å². The van der Waals surface area contributed by atoms with Crippen LogP contribution in [0, 0.1) is 5.82 Å². The molecule has 0 aliphatic rings. The molecule has 1 amide bonds. The zero-order valence-corrected chi connectivity index (χ0v) is 17.1. The summed E-state index contributed by atoms with van der Waals surface area (Å²) in [5.41, 5.74) is 8.69. The zero-order chi connectivity index (χ0) is 21.7. The van der Waals surface area contributed by atoms with Crippen molar-refractivity contribution < 1.29 is 14.0 Å². The zero-order valence-electron chi connectivity index (χ0n) is 17.1. The summed E-state index contributed by atoms with van der Waals surface area (Å²) < 4.78 is 14.6. The first-order valence-corrected chi connectivity index (χ1v) is 9.79. The summed E-state index contributed by atoms with van der Waals surface area (Å²) in [7, 11) is 1.63. The first kappa shape index (κ1) is 21.2. The number of nitrogens with two attached hydrogens (primary N) is 1. The third-order valence-corrected chi connectivity index (χ3v) is 5.02. The van der Waals surface area contributed by atoms with Crippen molar-refractivity contribution in [2.75, 3.05) is 17.7 Å². The molecular formula is C24H24FN3O2. The highest BCUT2D eigenvalue weighted by Crippen LogP contribution is 2.27. The molecule has 1 heterocycles. The molecule has 5 nitrogen and oxygen atoms in total. The fourth-order valence-corrected chi connectivity index (χ4v) is 3.15. The van der Waals surface area contributed by atoms with Gasteiger partial charge in [-0.1, -0.05) is 37.3 Å². The number of aryl methyl sites for hydroxylation is 1. The second-order valence-corrected chi connectivity index (χ2v) is 7.06. The molecule has 0 spiro atoms. The van der Waals surface area contributed by atoms with Crippen LogP contribution >= 0.6 is 0 Å². The van der Waals surface area contributed by atoms with Crippen LogP contribution in [0.4, 0.5) is 15.9 Å². The minimum Gasteiger partial charge on any atom is -0.384 e. The number of halogens is 1. The van der Waals surface area contributed by atoms with Gasteiger partial charge in [0.15, 0.2) is 5.78 Å². The van der Waals surface area contributed by atoms with E-state index in [0.29, 0.717) is 47.5 Å². The van der Waals surface area contributed by atoms with Crippen LogP contribution in [-0.4, -0.2) is 23.7 Å². The normalized spacial score (nSPS) is 10.6. The molecule has 3 aromatic rings. The molecule has 6 heteroatoms. The van der Waals surface area contributed by atoms with E-state index < -0.39 is 5.82 Å². The van der Waals surface area contributed by atoms with E-state index in [0.717, 1.165) is 5.56 Å². The second kappa shape index (κ2) is 9.31. The average molecular weight is 405 g/mol. The average Bonchev–Trinajstić information content (AvgIpc) is 2.77. The highest BCUT2D eigenvalue weighted by Gasteiger charge is 2.13. The number of pyridine rings is 1. The van der Waals surface area contributed by atoms with E-state index in [4.69, 9.17) is 5.73 Å². The van der Waals surface area contributed by atoms with Crippen LogP contribution in [0.25, 0.3) is 11.1 Å². The Bertz CT molecular complexity index is 1050. The lowest BCUT2D eigenvalue weighted by molar-refractivity contribution is -0.118. The molecule has 0 aliphatic carbocycles. The monoisotopic (exact) mass is 405 g/mol. The number of Topliss-reactive ketones (excluding diaryl/α,β-unsaturated/α-hetero) is 1. The molecule has 0 bridgehead atoms. The lowest BCUT2D eigenvalue weighted by Gasteiger charge is -2.17. The van der Waals surface area contributed by atoms with Gasteiger partial charge in [0, 0.05) is 42.9 Å². The maximum atomic E-state index is 14.6. The van der Waals surface area contributed by atoms with Crippen LogP contribution in [0.5, 0.6) is 0 Å². The Morgan fingerprint density at radius 1 is 1.07 bits per heavy atom. The number of carbonyl (C=O) groups excluding carboxylic acids is 2. The Kier molecular flexibility index (Phi) is 6.57. The second-order valence-electron chi connectivity index (χ2n) is 7.06. The SMILES string of the molecule is CCC(=O)N(C)c1ccc(-c2ccc(C(=O)CCc3ccc(N)nc3)cc2)c(F)c1. The van der Waals surface area contributed by atoms with E-state index >= 15 is 0 Å². The number of amides is 1. The lowest BCUT2D eigenvalue weighted by atomic mass is 9.99. The van der Waals surface area contributed by atoms with Gasteiger partial charge in [-0.05, 0) is 41.8 Å². The minimum atomic E-state index is -0.418. The molecule has 0 unspecified atom stereocenters. The van der Waals surface area contributed by atoms with Crippen LogP contribution in [0.3, 0.4) is 0 Å². The number of nitrogens with zero attached hydrogens (tertiary/aromatic N) is 2. The fraction of sp³-hybridized carbons (Fsp3) is 0.208. The Morgan fingerprint density at radius 3 is 2.40 bits per heavy atom. The smallest absolute Gasteiger partial charge is 0.226 e. The third kappa shape index (κ3) is 4.89. The van der Waals surface area contributed by atoms with Gasteiger partial charge in [-0.15, -0.1) is 0 Å². The quantitative estimate of drug-likeness (QED) is 0.580. The maximum absolute atomic E-state index is 14.6. The van der Waals surface area contributed by atoms with Crippen LogP contribution in [-0.2, 0) is 11.2 Å². The lowest BCUT2D eigenvalue weighted by Crippen LogP contribution is -2.25. The number of hydrogen-bond donors (Lipinski definition) is 1. The van der Waals surface area contributed by atoms with Crippen LogP contribution in [0.2, 0.25) is 0 Å². The maximum Gasteiger partial charge on any atom is 0.226 e.